The number of halogens is 1. The Bertz CT molecular complexity index is 419. The van der Waals surface area contributed by atoms with Crippen molar-refractivity contribution in [3.63, 3.8) is 0 Å². The average Bonchev–Trinajstić information content (AvgIpc) is 2.19. The minimum absolute atomic E-state index is 0.427. The lowest BCUT2D eigenvalue weighted by Crippen LogP contribution is -2.29. The summed E-state index contributed by atoms with van der Waals surface area (Å²) >= 11 is 5.85. The maximum absolute atomic E-state index is 5.85. The first kappa shape index (κ1) is 11.8. The fraction of sp³-hybridized carbons (Fsp3) is 0.455. The number of hydrogen-bond acceptors (Lipinski definition) is 3. The number of anilines is 1. The SMILES string of the molecule is C#CC(C)(C)Nc1nnc(Cl)c(C)c1C. The van der Waals surface area contributed by atoms with Gasteiger partial charge in [-0.05, 0) is 38.8 Å². The van der Waals surface area contributed by atoms with Crippen molar-refractivity contribution in [1.82, 2.24) is 10.2 Å². The van der Waals surface area contributed by atoms with Crippen LogP contribution in [-0.2, 0) is 0 Å². The van der Waals surface area contributed by atoms with Crippen LogP contribution >= 0.6 is 11.6 Å². The smallest absolute Gasteiger partial charge is 0.155 e. The van der Waals surface area contributed by atoms with Gasteiger partial charge in [0.05, 0.1) is 5.54 Å². The molecular formula is C11H14ClN3. The van der Waals surface area contributed by atoms with Gasteiger partial charge in [-0.15, -0.1) is 16.6 Å². The molecule has 4 heteroatoms. The van der Waals surface area contributed by atoms with Crippen LogP contribution in [0.4, 0.5) is 5.82 Å². The number of nitrogens with zero attached hydrogens (tertiary/aromatic N) is 2. The molecule has 0 fully saturated rings. The molecule has 0 unspecified atom stereocenters. The van der Waals surface area contributed by atoms with Crippen LogP contribution in [0.2, 0.25) is 5.15 Å². The van der Waals surface area contributed by atoms with Crippen molar-refractivity contribution in [2.45, 2.75) is 33.2 Å². The summed E-state index contributed by atoms with van der Waals surface area (Å²) in [4.78, 5) is 0. The van der Waals surface area contributed by atoms with Crippen molar-refractivity contribution >= 4 is 17.4 Å². The molecule has 0 aromatic carbocycles. The van der Waals surface area contributed by atoms with Crippen LogP contribution < -0.4 is 5.32 Å². The van der Waals surface area contributed by atoms with Gasteiger partial charge in [0.2, 0.25) is 0 Å². The molecule has 0 atom stereocenters. The Labute approximate surface area is 95.2 Å². The summed E-state index contributed by atoms with van der Waals surface area (Å²) in [7, 11) is 0. The molecule has 0 radical (unpaired) electrons. The maximum Gasteiger partial charge on any atom is 0.155 e. The Morgan fingerprint density at radius 3 is 2.40 bits per heavy atom. The van der Waals surface area contributed by atoms with Crippen LogP contribution in [0.1, 0.15) is 25.0 Å². The fourth-order valence-corrected chi connectivity index (χ4v) is 1.21. The van der Waals surface area contributed by atoms with Crippen LogP contribution in [-0.4, -0.2) is 15.7 Å². The summed E-state index contributed by atoms with van der Waals surface area (Å²) in [5.41, 5.74) is 1.44. The summed E-state index contributed by atoms with van der Waals surface area (Å²) in [5, 5.41) is 11.4. The van der Waals surface area contributed by atoms with Crippen LogP contribution in [0, 0.1) is 26.2 Å². The predicted octanol–water partition coefficient (Wildman–Crippen LogP) is 2.57. The van der Waals surface area contributed by atoms with E-state index in [-0.39, 0.29) is 0 Å². The van der Waals surface area contributed by atoms with E-state index < -0.39 is 5.54 Å². The highest BCUT2D eigenvalue weighted by Crippen LogP contribution is 2.22. The van der Waals surface area contributed by atoms with E-state index >= 15 is 0 Å². The third kappa shape index (κ3) is 2.60. The minimum Gasteiger partial charge on any atom is -0.353 e. The number of nitrogens with one attached hydrogen (secondary N) is 1. The monoisotopic (exact) mass is 223 g/mol. The van der Waals surface area contributed by atoms with Crippen molar-refractivity contribution in [2.24, 2.45) is 0 Å². The minimum atomic E-state index is -0.445. The molecule has 15 heavy (non-hydrogen) atoms. The Morgan fingerprint density at radius 2 is 1.87 bits per heavy atom. The molecule has 0 amide bonds. The zero-order valence-electron chi connectivity index (χ0n) is 9.35. The summed E-state index contributed by atoms with van der Waals surface area (Å²) in [5.74, 6) is 3.32. The molecular weight excluding hydrogens is 210 g/mol. The van der Waals surface area contributed by atoms with Crippen LogP contribution in [0.5, 0.6) is 0 Å². The zero-order chi connectivity index (χ0) is 11.6. The lowest BCUT2D eigenvalue weighted by molar-refractivity contribution is 0.728. The Hall–Kier alpha value is -1.27. The molecule has 3 nitrogen and oxygen atoms in total. The van der Waals surface area contributed by atoms with Crippen LogP contribution in [0.3, 0.4) is 0 Å². The van der Waals surface area contributed by atoms with Gasteiger partial charge in [0, 0.05) is 0 Å². The summed E-state index contributed by atoms with van der Waals surface area (Å²) < 4.78 is 0. The first-order valence-electron chi connectivity index (χ1n) is 4.62. The van der Waals surface area contributed by atoms with E-state index in [0.29, 0.717) is 11.0 Å². The third-order valence-electron chi connectivity index (χ3n) is 2.26. The van der Waals surface area contributed by atoms with Crippen molar-refractivity contribution in [3.05, 3.63) is 16.3 Å². The van der Waals surface area contributed by atoms with Crippen molar-refractivity contribution in [3.8, 4) is 12.3 Å². The van der Waals surface area contributed by atoms with Crippen molar-refractivity contribution in [2.75, 3.05) is 5.32 Å². The van der Waals surface area contributed by atoms with E-state index in [1.165, 1.54) is 0 Å². The number of hydrogen-bond donors (Lipinski definition) is 1. The second-order valence-electron chi connectivity index (χ2n) is 3.98. The zero-order valence-corrected chi connectivity index (χ0v) is 10.1. The highest BCUT2D eigenvalue weighted by Gasteiger charge is 2.17. The largest absolute Gasteiger partial charge is 0.353 e. The molecule has 80 valence electrons. The van der Waals surface area contributed by atoms with E-state index in [0.717, 1.165) is 11.1 Å². The van der Waals surface area contributed by atoms with Gasteiger partial charge < -0.3 is 5.32 Å². The van der Waals surface area contributed by atoms with E-state index in [4.69, 9.17) is 18.0 Å². The first-order chi connectivity index (χ1) is 6.87. The first-order valence-corrected chi connectivity index (χ1v) is 5.00. The molecule has 0 spiro atoms. The Kier molecular flexibility index (Phi) is 3.21. The standard InChI is InChI=1S/C11H14ClN3/c1-6-11(4,5)13-10-8(3)7(2)9(12)14-15-10/h1H,2-5H3,(H,13,15). The summed E-state index contributed by atoms with van der Waals surface area (Å²) in [6.45, 7) is 7.64. The molecule has 0 saturated heterocycles. The quantitative estimate of drug-likeness (QED) is 0.784. The van der Waals surface area contributed by atoms with E-state index in [1.807, 2.05) is 27.7 Å². The van der Waals surface area contributed by atoms with Gasteiger partial charge in [0.1, 0.15) is 0 Å². The van der Waals surface area contributed by atoms with Gasteiger partial charge in [-0.3, -0.25) is 0 Å². The molecule has 1 aromatic rings. The Balaban J connectivity index is 3.09. The van der Waals surface area contributed by atoms with Gasteiger partial charge in [0.25, 0.3) is 0 Å². The number of terminal acetylenes is 1. The van der Waals surface area contributed by atoms with Gasteiger partial charge in [0.15, 0.2) is 11.0 Å². The molecule has 0 bridgehead atoms. The average molecular weight is 224 g/mol. The second kappa shape index (κ2) is 4.08. The molecule has 1 N–H and O–H groups in total. The van der Waals surface area contributed by atoms with Gasteiger partial charge in [-0.25, -0.2) is 0 Å². The van der Waals surface area contributed by atoms with Gasteiger partial charge in [-0.1, -0.05) is 17.5 Å². The Morgan fingerprint density at radius 1 is 1.27 bits per heavy atom. The highest BCUT2D eigenvalue weighted by atomic mass is 35.5. The fourth-order valence-electron chi connectivity index (χ4n) is 1.03. The summed E-state index contributed by atoms with van der Waals surface area (Å²) in [6, 6.07) is 0. The highest BCUT2D eigenvalue weighted by molar-refractivity contribution is 6.30. The molecule has 1 heterocycles. The molecule has 1 rings (SSSR count). The van der Waals surface area contributed by atoms with Gasteiger partial charge in [-0.2, -0.15) is 0 Å². The lowest BCUT2D eigenvalue weighted by Gasteiger charge is -2.21. The molecule has 0 aliphatic heterocycles. The lowest BCUT2D eigenvalue weighted by atomic mass is 10.1. The van der Waals surface area contributed by atoms with Crippen LogP contribution in [0.15, 0.2) is 0 Å². The second-order valence-corrected chi connectivity index (χ2v) is 4.34. The third-order valence-corrected chi connectivity index (χ3v) is 2.62. The summed E-state index contributed by atoms with van der Waals surface area (Å²) in [6.07, 6.45) is 5.39. The normalized spacial score (nSPS) is 10.9. The number of rotatable bonds is 2. The van der Waals surface area contributed by atoms with Gasteiger partial charge >= 0.3 is 0 Å². The van der Waals surface area contributed by atoms with Crippen molar-refractivity contribution < 1.29 is 0 Å². The molecule has 0 saturated carbocycles. The predicted molar refractivity (Wildman–Crippen MR) is 63.1 cm³/mol. The maximum atomic E-state index is 5.85. The van der Waals surface area contributed by atoms with E-state index in [2.05, 4.69) is 21.4 Å². The topological polar surface area (TPSA) is 37.8 Å². The molecule has 0 aliphatic carbocycles. The van der Waals surface area contributed by atoms with Crippen LogP contribution in [0.25, 0.3) is 0 Å². The van der Waals surface area contributed by atoms with Crippen molar-refractivity contribution in [1.29, 1.82) is 0 Å². The number of aromatic nitrogens is 2. The molecule has 1 aromatic heterocycles. The molecule has 0 aliphatic rings. The van der Waals surface area contributed by atoms with E-state index in [1.54, 1.807) is 0 Å². The van der Waals surface area contributed by atoms with E-state index in [9.17, 15) is 0 Å².